The molecule has 0 fully saturated rings. The molecule has 2 atom stereocenters. The van der Waals surface area contributed by atoms with E-state index >= 15 is 0 Å². The number of amides is 1. The summed E-state index contributed by atoms with van der Waals surface area (Å²) in [7, 11) is 0. The van der Waals surface area contributed by atoms with Crippen molar-refractivity contribution in [3.05, 3.63) is 0 Å². The monoisotopic (exact) mass is 158 g/mol. The Hall–Kier alpha value is -0.570. The zero-order chi connectivity index (χ0) is 8.85. The molecular weight excluding hydrogens is 140 g/mol. The molecule has 0 aliphatic carbocycles. The third-order valence-corrected chi connectivity index (χ3v) is 1.53. The Morgan fingerprint density at radius 3 is 2.45 bits per heavy atom. The zero-order valence-corrected chi connectivity index (χ0v) is 7.55. The van der Waals surface area contributed by atoms with E-state index in [1.165, 1.54) is 0 Å². The highest BCUT2D eigenvalue weighted by molar-refractivity contribution is 5.76. The molecule has 3 heteroatoms. The van der Waals surface area contributed by atoms with Gasteiger partial charge in [0.05, 0.1) is 0 Å². The summed E-state index contributed by atoms with van der Waals surface area (Å²) in [6, 6.07) is 0.223. The lowest BCUT2D eigenvalue weighted by molar-refractivity contribution is -0.121. The predicted molar refractivity (Wildman–Crippen MR) is 46.2 cm³/mol. The maximum absolute atomic E-state index is 11.0. The Labute approximate surface area is 68.3 Å². The molecule has 0 aromatic carbocycles. The highest BCUT2D eigenvalue weighted by atomic mass is 16.1. The second-order valence-corrected chi connectivity index (χ2v) is 3.06. The van der Waals surface area contributed by atoms with E-state index in [4.69, 9.17) is 5.73 Å². The van der Waals surface area contributed by atoms with Gasteiger partial charge in [-0.1, -0.05) is 6.92 Å². The van der Waals surface area contributed by atoms with Crippen molar-refractivity contribution in [3.8, 4) is 0 Å². The summed E-state index contributed by atoms with van der Waals surface area (Å²) < 4.78 is 0. The van der Waals surface area contributed by atoms with Crippen LogP contribution in [0, 0.1) is 0 Å². The van der Waals surface area contributed by atoms with Crippen LogP contribution in [-0.2, 0) is 4.79 Å². The molecule has 0 aromatic rings. The van der Waals surface area contributed by atoms with E-state index in [-0.39, 0.29) is 18.0 Å². The van der Waals surface area contributed by atoms with Gasteiger partial charge in [-0.2, -0.15) is 0 Å². The van der Waals surface area contributed by atoms with Crippen molar-refractivity contribution < 1.29 is 4.79 Å². The fourth-order valence-corrected chi connectivity index (χ4v) is 0.728. The van der Waals surface area contributed by atoms with Gasteiger partial charge in [0, 0.05) is 18.5 Å². The first-order chi connectivity index (χ1) is 5.06. The largest absolute Gasteiger partial charge is 0.354 e. The first kappa shape index (κ1) is 10.4. The smallest absolute Gasteiger partial charge is 0.221 e. The molecule has 66 valence electrons. The van der Waals surface area contributed by atoms with Gasteiger partial charge in [-0.05, 0) is 20.3 Å². The van der Waals surface area contributed by atoms with Crippen molar-refractivity contribution >= 4 is 5.91 Å². The van der Waals surface area contributed by atoms with Crippen LogP contribution in [0.15, 0.2) is 0 Å². The first-order valence-corrected chi connectivity index (χ1v) is 4.11. The number of carbonyl (C=O) groups excluding carboxylic acids is 1. The molecule has 0 saturated carbocycles. The van der Waals surface area contributed by atoms with Crippen LogP contribution in [0.25, 0.3) is 0 Å². The van der Waals surface area contributed by atoms with Crippen LogP contribution in [0.3, 0.4) is 0 Å². The molecule has 11 heavy (non-hydrogen) atoms. The van der Waals surface area contributed by atoms with Crippen molar-refractivity contribution in [2.45, 2.75) is 45.7 Å². The second kappa shape index (κ2) is 5.13. The SMILES string of the molecule is CCC(C)NC(=O)CC(C)N. The number of carbonyl (C=O) groups is 1. The van der Waals surface area contributed by atoms with Gasteiger partial charge < -0.3 is 11.1 Å². The van der Waals surface area contributed by atoms with Gasteiger partial charge in [0.15, 0.2) is 0 Å². The van der Waals surface area contributed by atoms with Crippen LogP contribution in [-0.4, -0.2) is 18.0 Å². The normalized spacial score (nSPS) is 15.6. The molecule has 0 aromatic heterocycles. The standard InChI is InChI=1S/C8H18N2O/c1-4-7(3)10-8(11)5-6(2)9/h6-7H,4-5,9H2,1-3H3,(H,10,11). The van der Waals surface area contributed by atoms with E-state index < -0.39 is 0 Å². The summed E-state index contributed by atoms with van der Waals surface area (Å²) >= 11 is 0. The molecule has 0 rings (SSSR count). The number of hydrogen-bond donors (Lipinski definition) is 2. The van der Waals surface area contributed by atoms with E-state index in [0.717, 1.165) is 6.42 Å². The molecule has 2 unspecified atom stereocenters. The summed E-state index contributed by atoms with van der Waals surface area (Å²) in [4.78, 5) is 11.0. The summed E-state index contributed by atoms with van der Waals surface area (Å²) in [6.45, 7) is 5.85. The Kier molecular flexibility index (Phi) is 4.86. The Morgan fingerprint density at radius 2 is 2.09 bits per heavy atom. The van der Waals surface area contributed by atoms with Gasteiger partial charge in [-0.25, -0.2) is 0 Å². The number of hydrogen-bond acceptors (Lipinski definition) is 2. The zero-order valence-electron chi connectivity index (χ0n) is 7.55. The van der Waals surface area contributed by atoms with Crippen molar-refractivity contribution in [1.82, 2.24) is 5.32 Å². The fourth-order valence-electron chi connectivity index (χ4n) is 0.728. The topological polar surface area (TPSA) is 55.1 Å². The van der Waals surface area contributed by atoms with Crippen LogP contribution in [0.4, 0.5) is 0 Å². The summed E-state index contributed by atoms with van der Waals surface area (Å²) in [5.74, 6) is 0.0503. The molecule has 0 aliphatic rings. The van der Waals surface area contributed by atoms with Gasteiger partial charge in [-0.3, -0.25) is 4.79 Å². The van der Waals surface area contributed by atoms with Crippen molar-refractivity contribution in [3.63, 3.8) is 0 Å². The number of rotatable bonds is 4. The molecule has 3 nitrogen and oxygen atoms in total. The molecule has 0 aliphatic heterocycles. The lowest BCUT2D eigenvalue weighted by Gasteiger charge is -2.12. The summed E-state index contributed by atoms with van der Waals surface area (Å²) in [6.07, 6.45) is 1.38. The average molecular weight is 158 g/mol. The number of nitrogens with two attached hydrogens (primary N) is 1. The van der Waals surface area contributed by atoms with Gasteiger partial charge in [0.2, 0.25) is 5.91 Å². The molecule has 0 spiro atoms. The van der Waals surface area contributed by atoms with Crippen molar-refractivity contribution in [2.75, 3.05) is 0 Å². The molecule has 0 radical (unpaired) electrons. The third kappa shape index (κ3) is 5.85. The van der Waals surface area contributed by atoms with Crippen LogP contribution in [0.1, 0.15) is 33.6 Å². The maximum Gasteiger partial charge on any atom is 0.221 e. The maximum atomic E-state index is 11.0. The van der Waals surface area contributed by atoms with Crippen molar-refractivity contribution in [1.29, 1.82) is 0 Å². The minimum atomic E-state index is -0.0425. The van der Waals surface area contributed by atoms with Crippen LogP contribution in [0.5, 0.6) is 0 Å². The second-order valence-electron chi connectivity index (χ2n) is 3.06. The van der Waals surface area contributed by atoms with Crippen LogP contribution < -0.4 is 11.1 Å². The Morgan fingerprint density at radius 1 is 1.55 bits per heavy atom. The molecule has 0 bridgehead atoms. The summed E-state index contributed by atoms with van der Waals surface area (Å²) in [5.41, 5.74) is 5.45. The number of nitrogens with one attached hydrogen (secondary N) is 1. The molecule has 0 saturated heterocycles. The van der Waals surface area contributed by atoms with Gasteiger partial charge in [0.1, 0.15) is 0 Å². The lowest BCUT2D eigenvalue weighted by atomic mass is 10.2. The van der Waals surface area contributed by atoms with E-state index in [1.807, 2.05) is 20.8 Å². The highest BCUT2D eigenvalue weighted by Crippen LogP contribution is 1.91. The Balaban J connectivity index is 3.52. The minimum Gasteiger partial charge on any atom is -0.354 e. The predicted octanol–water partition coefficient (Wildman–Crippen LogP) is 0.638. The van der Waals surface area contributed by atoms with E-state index in [0.29, 0.717) is 6.42 Å². The molecular formula is C8H18N2O. The van der Waals surface area contributed by atoms with Crippen molar-refractivity contribution in [2.24, 2.45) is 5.73 Å². The lowest BCUT2D eigenvalue weighted by Crippen LogP contribution is -2.35. The van der Waals surface area contributed by atoms with Crippen LogP contribution in [0.2, 0.25) is 0 Å². The summed E-state index contributed by atoms with van der Waals surface area (Å²) in [5, 5.41) is 2.84. The van der Waals surface area contributed by atoms with Gasteiger partial charge in [0.25, 0.3) is 0 Å². The van der Waals surface area contributed by atoms with E-state index in [1.54, 1.807) is 0 Å². The van der Waals surface area contributed by atoms with E-state index in [2.05, 4.69) is 5.32 Å². The quantitative estimate of drug-likeness (QED) is 0.630. The Bertz CT molecular complexity index is 123. The highest BCUT2D eigenvalue weighted by Gasteiger charge is 2.06. The van der Waals surface area contributed by atoms with Gasteiger partial charge in [-0.15, -0.1) is 0 Å². The third-order valence-electron chi connectivity index (χ3n) is 1.53. The van der Waals surface area contributed by atoms with E-state index in [9.17, 15) is 4.79 Å². The fraction of sp³-hybridized carbons (Fsp3) is 0.875. The van der Waals surface area contributed by atoms with Crippen LogP contribution >= 0.6 is 0 Å². The first-order valence-electron chi connectivity index (χ1n) is 4.11. The molecule has 1 amide bonds. The average Bonchev–Trinajstić information content (AvgIpc) is 1.85. The minimum absolute atomic E-state index is 0.0425. The molecule has 0 heterocycles. The molecule has 3 N–H and O–H groups in total. The van der Waals surface area contributed by atoms with Gasteiger partial charge >= 0.3 is 0 Å².